The predicted octanol–water partition coefficient (Wildman–Crippen LogP) is 4.23. The molecule has 0 bridgehead atoms. The number of halogens is 4. The third kappa shape index (κ3) is 11.4. The number of hydrogen-bond acceptors (Lipinski definition) is 2. The van der Waals surface area contributed by atoms with Gasteiger partial charge in [-0.1, -0.05) is 38.3 Å². The summed E-state index contributed by atoms with van der Waals surface area (Å²) in [5, 5.41) is 3.02. The van der Waals surface area contributed by atoms with Crippen molar-refractivity contribution in [3.8, 4) is 5.75 Å². The van der Waals surface area contributed by atoms with Gasteiger partial charge in [0, 0.05) is 6.54 Å². The topological polar surface area (TPSA) is 59.6 Å². The van der Waals surface area contributed by atoms with Gasteiger partial charge in [0.15, 0.2) is 12.6 Å². The van der Waals surface area contributed by atoms with Gasteiger partial charge in [-0.25, -0.2) is 4.99 Å². The normalized spacial score (nSPS) is 11.8. The van der Waals surface area contributed by atoms with Crippen molar-refractivity contribution in [3.05, 3.63) is 29.8 Å². The average molecular weight is 459 g/mol. The lowest BCUT2D eigenvalue weighted by atomic mass is 10.2. The van der Waals surface area contributed by atoms with Crippen LogP contribution in [0.25, 0.3) is 0 Å². The number of nitrogens with one attached hydrogen (secondary N) is 1. The molecule has 0 radical (unpaired) electrons. The molecule has 3 N–H and O–H groups in total. The van der Waals surface area contributed by atoms with E-state index in [2.05, 4.69) is 17.2 Å². The van der Waals surface area contributed by atoms with Gasteiger partial charge >= 0.3 is 6.18 Å². The number of unbranched alkanes of at least 4 members (excludes halogenated alkanes) is 3. The molecule has 0 aromatic heterocycles. The lowest BCUT2D eigenvalue weighted by molar-refractivity contribution is -0.153. The van der Waals surface area contributed by atoms with E-state index in [1.165, 1.54) is 25.0 Å². The first-order valence-corrected chi connectivity index (χ1v) is 7.73. The highest BCUT2D eigenvalue weighted by molar-refractivity contribution is 14.0. The molecule has 0 atom stereocenters. The molecule has 24 heavy (non-hydrogen) atoms. The van der Waals surface area contributed by atoms with Crippen molar-refractivity contribution in [2.24, 2.45) is 10.7 Å². The highest BCUT2D eigenvalue weighted by Crippen LogP contribution is 2.19. The highest BCUT2D eigenvalue weighted by Gasteiger charge is 2.28. The number of alkyl halides is 3. The van der Waals surface area contributed by atoms with Crippen molar-refractivity contribution in [3.63, 3.8) is 0 Å². The summed E-state index contributed by atoms with van der Waals surface area (Å²) < 4.78 is 41.1. The Labute approximate surface area is 158 Å². The van der Waals surface area contributed by atoms with Gasteiger partial charge in [-0.3, -0.25) is 0 Å². The summed E-state index contributed by atoms with van der Waals surface area (Å²) in [5.74, 6) is 0.504. The van der Waals surface area contributed by atoms with E-state index >= 15 is 0 Å². The first-order valence-electron chi connectivity index (χ1n) is 7.73. The van der Waals surface area contributed by atoms with E-state index in [-0.39, 0.29) is 36.3 Å². The Bertz CT molecular complexity index is 496. The van der Waals surface area contributed by atoms with Gasteiger partial charge in [0.05, 0.1) is 6.54 Å². The van der Waals surface area contributed by atoms with Crippen molar-refractivity contribution >= 4 is 29.9 Å². The molecule has 0 fully saturated rings. The molecule has 1 aromatic carbocycles. The van der Waals surface area contributed by atoms with Crippen LogP contribution in [-0.2, 0) is 6.54 Å². The summed E-state index contributed by atoms with van der Waals surface area (Å²) in [6.45, 7) is 1.90. The van der Waals surface area contributed by atoms with Crippen LogP contribution in [0.5, 0.6) is 5.75 Å². The first-order chi connectivity index (χ1) is 10.9. The van der Waals surface area contributed by atoms with Crippen LogP contribution in [0.15, 0.2) is 29.3 Å². The van der Waals surface area contributed by atoms with Crippen molar-refractivity contribution < 1.29 is 17.9 Å². The molecule has 0 saturated heterocycles. The molecular weight excluding hydrogens is 434 g/mol. The maximum Gasteiger partial charge on any atom is 0.422 e. The molecule has 1 rings (SSSR count). The number of aliphatic imine (C=N–C) groups is 1. The van der Waals surface area contributed by atoms with Gasteiger partial charge < -0.3 is 15.8 Å². The molecule has 0 aliphatic rings. The zero-order chi connectivity index (χ0) is 17.1. The van der Waals surface area contributed by atoms with Gasteiger partial charge in [0.2, 0.25) is 0 Å². The second-order valence-electron chi connectivity index (χ2n) is 5.24. The summed E-state index contributed by atoms with van der Waals surface area (Å²) in [4.78, 5) is 4.17. The number of nitrogens with zero attached hydrogens (tertiary/aromatic N) is 1. The number of rotatable bonds is 9. The summed E-state index contributed by atoms with van der Waals surface area (Å²) in [6, 6.07) is 6.40. The Morgan fingerprint density at radius 2 is 2.00 bits per heavy atom. The van der Waals surface area contributed by atoms with Crippen LogP contribution in [0.4, 0.5) is 13.2 Å². The molecule has 0 unspecified atom stereocenters. The van der Waals surface area contributed by atoms with E-state index in [0.29, 0.717) is 5.96 Å². The van der Waals surface area contributed by atoms with E-state index in [9.17, 15) is 13.2 Å². The minimum Gasteiger partial charge on any atom is -0.484 e. The number of hydrogen-bond donors (Lipinski definition) is 2. The van der Waals surface area contributed by atoms with Crippen LogP contribution in [0.3, 0.4) is 0 Å². The Hall–Kier alpha value is -1.19. The predicted molar refractivity (Wildman–Crippen MR) is 101 cm³/mol. The summed E-state index contributed by atoms with van der Waals surface area (Å²) in [5.41, 5.74) is 6.49. The molecule has 1 aromatic rings. The Morgan fingerprint density at radius 1 is 1.25 bits per heavy atom. The Kier molecular flexibility index (Phi) is 11.6. The zero-order valence-electron chi connectivity index (χ0n) is 13.7. The third-order valence-electron chi connectivity index (χ3n) is 3.07. The van der Waals surface area contributed by atoms with Gasteiger partial charge in [-0.05, 0) is 24.1 Å². The van der Waals surface area contributed by atoms with Gasteiger partial charge in [-0.15, -0.1) is 24.0 Å². The van der Waals surface area contributed by atoms with Crippen molar-refractivity contribution in [2.75, 3.05) is 13.2 Å². The van der Waals surface area contributed by atoms with Gasteiger partial charge in [0.1, 0.15) is 5.75 Å². The van der Waals surface area contributed by atoms with Crippen LogP contribution in [0.2, 0.25) is 0 Å². The van der Waals surface area contributed by atoms with E-state index in [0.717, 1.165) is 24.9 Å². The molecule has 138 valence electrons. The van der Waals surface area contributed by atoms with Gasteiger partial charge in [-0.2, -0.15) is 13.2 Å². The van der Waals surface area contributed by atoms with Crippen LogP contribution in [0, 0.1) is 0 Å². The minimum absolute atomic E-state index is 0. The first kappa shape index (κ1) is 22.8. The van der Waals surface area contributed by atoms with E-state index in [1.54, 1.807) is 12.1 Å². The molecule has 0 aliphatic carbocycles. The number of ether oxygens (including phenoxy) is 1. The SMILES string of the molecule is CCCCCCNC(N)=NCc1cccc(OCC(F)(F)F)c1.I. The van der Waals surface area contributed by atoms with E-state index < -0.39 is 12.8 Å². The Morgan fingerprint density at radius 3 is 2.67 bits per heavy atom. The quantitative estimate of drug-likeness (QED) is 0.252. The molecule has 0 heterocycles. The Balaban J connectivity index is 0.00000529. The maximum absolute atomic E-state index is 12.1. The monoisotopic (exact) mass is 459 g/mol. The fourth-order valence-electron chi connectivity index (χ4n) is 1.90. The summed E-state index contributed by atoms with van der Waals surface area (Å²) in [7, 11) is 0. The van der Waals surface area contributed by atoms with Crippen LogP contribution in [0.1, 0.15) is 38.2 Å². The van der Waals surface area contributed by atoms with Crippen LogP contribution in [-0.4, -0.2) is 25.3 Å². The fraction of sp³-hybridized carbons (Fsp3) is 0.562. The largest absolute Gasteiger partial charge is 0.484 e. The second-order valence-corrected chi connectivity index (χ2v) is 5.24. The molecule has 4 nitrogen and oxygen atoms in total. The standard InChI is InChI=1S/C16H24F3N3O.HI/c1-2-3-4-5-9-21-15(20)22-11-13-7-6-8-14(10-13)23-12-16(17,18)19;/h6-8,10H,2-5,9,11-12H2,1H3,(H3,20,21,22);1H. The summed E-state index contributed by atoms with van der Waals surface area (Å²) in [6.07, 6.45) is 0.209. The number of benzene rings is 1. The smallest absolute Gasteiger partial charge is 0.422 e. The van der Waals surface area contributed by atoms with Crippen LogP contribution < -0.4 is 15.8 Å². The second kappa shape index (κ2) is 12.2. The lowest BCUT2D eigenvalue weighted by Gasteiger charge is -2.10. The molecule has 0 spiro atoms. The molecule has 0 amide bonds. The molecule has 0 saturated carbocycles. The zero-order valence-corrected chi connectivity index (χ0v) is 16.1. The number of nitrogens with two attached hydrogens (primary N) is 1. The van der Waals surface area contributed by atoms with Crippen molar-refractivity contribution in [1.29, 1.82) is 0 Å². The van der Waals surface area contributed by atoms with Crippen molar-refractivity contribution in [1.82, 2.24) is 5.32 Å². The van der Waals surface area contributed by atoms with Crippen molar-refractivity contribution in [2.45, 2.75) is 45.3 Å². The molecule has 8 heteroatoms. The maximum atomic E-state index is 12.1. The fourth-order valence-corrected chi connectivity index (χ4v) is 1.90. The summed E-state index contributed by atoms with van der Waals surface area (Å²) >= 11 is 0. The third-order valence-corrected chi connectivity index (χ3v) is 3.07. The minimum atomic E-state index is -4.35. The van der Waals surface area contributed by atoms with Gasteiger partial charge in [0.25, 0.3) is 0 Å². The average Bonchev–Trinajstić information content (AvgIpc) is 2.50. The molecule has 0 aliphatic heterocycles. The van der Waals surface area contributed by atoms with E-state index in [1.807, 2.05) is 0 Å². The van der Waals surface area contributed by atoms with E-state index in [4.69, 9.17) is 10.5 Å². The van der Waals surface area contributed by atoms with Crippen LogP contribution >= 0.6 is 24.0 Å². The molecular formula is C16H25F3IN3O. The number of guanidine groups is 1. The lowest BCUT2D eigenvalue weighted by Crippen LogP contribution is -2.32. The highest BCUT2D eigenvalue weighted by atomic mass is 127.